The number of nitrogens with zero attached hydrogens (tertiary/aromatic N) is 1. The van der Waals surface area contributed by atoms with Crippen LogP contribution in [0.15, 0.2) is 16.5 Å². The monoisotopic (exact) mass is 338 g/mol. The quantitative estimate of drug-likeness (QED) is 0.874. The van der Waals surface area contributed by atoms with Crippen molar-refractivity contribution in [3.63, 3.8) is 0 Å². The molecule has 2 aromatic heterocycles. The first-order valence-electron chi connectivity index (χ1n) is 7.17. The van der Waals surface area contributed by atoms with Crippen LogP contribution in [-0.4, -0.2) is 35.5 Å². The van der Waals surface area contributed by atoms with Crippen LogP contribution in [0.4, 0.5) is 0 Å². The van der Waals surface area contributed by atoms with Crippen LogP contribution in [0.1, 0.15) is 28.2 Å². The molecule has 5 nitrogen and oxygen atoms in total. The molecule has 0 unspecified atom stereocenters. The summed E-state index contributed by atoms with van der Waals surface area (Å²) in [5.74, 6) is 1.73. The molecule has 0 aromatic carbocycles. The van der Waals surface area contributed by atoms with Crippen LogP contribution < -0.4 is 0 Å². The minimum Gasteiger partial charge on any atom is -0.464 e. The standard InChI is InChI=1S/C15H18N2O3S2/c1-9-3-4-11(20-9)12-8-17(5-6-19-12)14(18)7-13-10(2)16-15(21)22-13/h3-4,12H,5-8H2,1-2H3,(H,16,21)/t12-/m0/s1. The van der Waals surface area contributed by atoms with Crippen LogP contribution in [0.3, 0.4) is 0 Å². The van der Waals surface area contributed by atoms with Gasteiger partial charge in [0, 0.05) is 17.1 Å². The second-order valence-corrected chi connectivity index (χ2v) is 7.16. The topological polar surface area (TPSA) is 58.5 Å². The number of nitrogens with one attached hydrogen (secondary N) is 1. The summed E-state index contributed by atoms with van der Waals surface area (Å²) in [6, 6.07) is 3.82. The van der Waals surface area contributed by atoms with E-state index >= 15 is 0 Å². The maximum Gasteiger partial charge on any atom is 0.228 e. The van der Waals surface area contributed by atoms with E-state index < -0.39 is 0 Å². The SMILES string of the molecule is Cc1ccc([C@@H]2CN(C(=O)Cc3sc(=S)[nH]c3C)CCO2)o1. The second-order valence-electron chi connectivity index (χ2n) is 5.39. The molecule has 1 aliphatic rings. The third kappa shape index (κ3) is 3.31. The average Bonchev–Trinajstić information content (AvgIpc) is 3.05. The number of rotatable bonds is 3. The summed E-state index contributed by atoms with van der Waals surface area (Å²) in [7, 11) is 0. The Morgan fingerprint density at radius 2 is 2.32 bits per heavy atom. The van der Waals surface area contributed by atoms with E-state index in [0.29, 0.717) is 30.1 Å². The smallest absolute Gasteiger partial charge is 0.228 e. The first-order chi connectivity index (χ1) is 10.5. The number of hydrogen-bond acceptors (Lipinski definition) is 5. The zero-order valence-corrected chi connectivity index (χ0v) is 14.2. The fourth-order valence-electron chi connectivity index (χ4n) is 2.53. The summed E-state index contributed by atoms with van der Waals surface area (Å²) in [5.41, 5.74) is 0.981. The lowest BCUT2D eigenvalue weighted by atomic mass is 10.2. The highest BCUT2D eigenvalue weighted by molar-refractivity contribution is 7.73. The first-order valence-corrected chi connectivity index (χ1v) is 8.39. The van der Waals surface area contributed by atoms with Gasteiger partial charge < -0.3 is 19.0 Å². The normalized spacial score (nSPS) is 18.6. The van der Waals surface area contributed by atoms with E-state index in [4.69, 9.17) is 21.4 Å². The highest BCUT2D eigenvalue weighted by atomic mass is 32.1. The van der Waals surface area contributed by atoms with Gasteiger partial charge in [-0.05, 0) is 38.2 Å². The number of aryl methyl sites for hydroxylation is 2. The Labute approximate surface area is 137 Å². The zero-order valence-electron chi connectivity index (χ0n) is 12.5. The molecular formula is C15H18N2O3S2. The van der Waals surface area contributed by atoms with Crippen molar-refractivity contribution >= 4 is 29.5 Å². The molecule has 1 fully saturated rings. The van der Waals surface area contributed by atoms with Gasteiger partial charge in [0.25, 0.3) is 0 Å². The van der Waals surface area contributed by atoms with Crippen LogP contribution in [0, 0.1) is 17.8 Å². The molecule has 0 bridgehead atoms. The number of ether oxygens (including phenoxy) is 1. The Kier molecular flexibility index (Phi) is 4.46. The minimum atomic E-state index is -0.183. The molecule has 1 N–H and O–H groups in total. The van der Waals surface area contributed by atoms with E-state index in [1.165, 1.54) is 11.3 Å². The van der Waals surface area contributed by atoms with Crippen molar-refractivity contribution in [3.8, 4) is 0 Å². The van der Waals surface area contributed by atoms with Gasteiger partial charge in [-0.2, -0.15) is 0 Å². The molecule has 3 rings (SSSR count). The lowest BCUT2D eigenvalue weighted by molar-refractivity contribution is -0.138. The summed E-state index contributed by atoms with van der Waals surface area (Å²) in [6.45, 7) is 5.52. The maximum atomic E-state index is 12.5. The van der Waals surface area contributed by atoms with Crippen molar-refractivity contribution in [1.29, 1.82) is 0 Å². The molecule has 7 heteroatoms. The van der Waals surface area contributed by atoms with Gasteiger partial charge in [-0.25, -0.2) is 0 Å². The van der Waals surface area contributed by atoms with Gasteiger partial charge in [-0.3, -0.25) is 4.79 Å². The van der Waals surface area contributed by atoms with E-state index in [1.54, 1.807) is 0 Å². The van der Waals surface area contributed by atoms with E-state index in [0.717, 1.165) is 22.1 Å². The number of morpholine rings is 1. The summed E-state index contributed by atoms with van der Waals surface area (Å²) in [4.78, 5) is 18.4. The molecule has 2 aromatic rings. The number of aromatic amines is 1. The maximum absolute atomic E-state index is 12.5. The number of hydrogen-bond donors (Lipinski definition) is 1. The van der Waals surface area contributed by atoms with Gasteiger partial charge in [0.15, 0.2) is 3.95 Å². The van der Waals surface area contributed by atoms with Gasteiger partial charge in [-0.15, -0.1) is 11.3 Å². The van der Waals surface area contributed by atoms with Gasteiger partial charge >= 0.3 is 0 Å². The molecule has 0 saturated carbocycles. The highest BCUT2D eigenvalue weighted by Gasteiger charge is 2.27. The zero-order chi connectivity index (χ0) is 15.7. The Morgan fingerprint density at radius 3 is 2.95 bits per heavy atom. The summed E-state index contributed by atoms with van der Waals surface area (Å²) < 4.78 is 12.1. The number of H-pyrrole nitrogens is 1. The van der Waals surface area contributed by atoms with Crippen LogP contribution >= 0.6 is 23.6 Å². The Balaban J connectivity index is 1.67. The molecule has 0 radical (unpaired) electrons. The Morgan fingerprint density at radius 1 is 1.50 bits per heavy atom. The molecular weight excluding hydrogens is 320 g/mol. The van der Waals surface area contributed by atoms with Gasteiger partial charge in [0.2, 0.25) is 5.91 Å². The number of carbonyl (C=O) groups is 1. The molecule has 3 heterocycles. The van der Waals surface area contributed by atoms with Crippen molar-refractivity contribution in [3.05, 3.63) is 38.2 Å². The molecule has 1 atom stereocenters. The molecule has 0 aliphatic carbocycles. The van der Waals surface area contributed by atoms with E-state index in [9.17, 15) is 4.79 Å². The molecule has 1 amide bonds. The summed E-state index contributed by atoms with van der Waals surface area (Å²) >= 11 is 6.59. The van der Waals surface area contributed by atoms with Crippen molar-refractivity contribution in [2.45, 2.75) is 26.4 Å². The van der Waals surface area contributed by atoms with Gasteiger partial charge in [-0.1, -0.05) is 0 Å². The van der Waals surface area contributed by atoms with Crippen LogP contribution in [0.25, 0.3) is 0 Å². The fourth-order valence-corrected chi connectivity index (χ4v) is 3.81. The average molecular weight is 338 g/mol. The summed E-state index contributed by atoms with van der Waals surface area (Å²) in [5, 5.41) is 0. The number of thiazole rings is 1. The van der Waals surface area contributed by atoms with E-state index in [1.807, 2.05) is 30.9 Å². The number of carbonyl (C=O) groups excluding carboxylic acids is 1. The minimum absolute atomic E-state index is 0.102. The molecule has 22 heavy (non-hydrogen) atoms. The van der Waals surface area contributed by atoms with Gasteiger partial charge in [0.1, 0.15) is 17.6 Å². The number of furan rings is 1. The number of amides is 1. The predicted octanol–water partition coefficient (Wildman–Crippen LogP) is 3.16. The third-order valence-electron chi connectivity index (χ3n) is 3.73. The van der Waals surface area contributed by atoms with Crippen LogP contribution in [0.2, 0.25) is 0 Å². The summed E-state index contributed by atoms with van der Waals surface area (Å²) in [6.07, 6.45) is 0.199. The van der Waals surface area contributed by atoms with Gasteiger partial charge in [0.05, 0.1) is 19.6 Å². The second kappa shape index (κ2) is 6.36. The Hall–Kier alpha value is -1.44. The lowest BCUT2D eigenvalue weighted by Gasteiger charge is -2.32. The van der Waals surface area contributed by atoms with Crippen LogP contribution in [-0.2, 0) is 16.0 Å². The molecule has 0 spiro atoms. The van der Waals surface area contributed by atoms with Crippen molar-refractivity contribution in [2.75, 3.05) is 19.7 Å². The van der Waals surface area contributed by atoms with E-state index in [-0.39, 0.29) is 12.0 Å². The fraction of sp³-hybridized carbons (Fsp3) is 0.467. The van der Waals surface area contributed by atoms with E-state index in [2.05, 4.69) is 4.98 Å². The van der Waals surface area contributed by atoms with Crippen LogP contribution in [0.5, 0.6) is 0 Å². The predicted molar refractivity (Wildman–Crippen MR) is 86.7 cm³/mol. The molecule has 1 aliphatic heterocycles. The Bertz CT molecular complexity index is 731. The number of aromatic nitrogens is 1. The van der Waals surface area contributed by atoms with Crippen molar-refractivity contribution in [2.24, 2.45) is 0 Å². The van der Waals surface area contributed by atoms with Crippen molar-refractivity contribution in [1.82, 2.24) is 9.88 Å². The van der Waals surface area contributed by atoms with Crippen molar-refractivity contribution < 1.29 is 13.9 Å². The highest BCUT2D eigenvalue weighted by Crippen LogP contribution is 2.25. The third-order valence-corrected chi connectivity index (χ3v) is 5.07. The molecule has 118 valence electrons. The molecule has 1 saturated heterocycles. The first kappa shape index (κ1) is 15.5. The lowest BCUT2D eigenvalue weighted by Crippen LogP contribution is -2.42. The largest absolute Gasteiger partial charge is 0.464 e.